The maximum atomic E-state index is 11.9. The molecule has 0 aliphatic heterocycles. The molecule has 0 atom stereocenters. The molecule has 1 rings (SSSR count). The molecule has 0 radical (unpaired) electrons. The number of ether oxygens (including phenoxy) is 3. The number of carbonyl (C=O) groups excluding carboxylic acids is 1. The molecule has 0 N–H and O–H groups in total. The molecule has 0 fully saturated rings. The Morgan fingerprint density at radius 1 is 0.639 bits per heavy atom. The molecule has 0 saturated heterocycles. The fourth-order valence-electron chi connectivity index (χ4n) is 3.75. The van der Waals surface area contributed by atoms with Gasteiger partial charge in [0.05, 0.1) is 37.9 Å². The molecule has 0 aliphatic carbocycles. The monoisotopic (exact) mass is 528 g/mol. The predicted molar refractivity (Wildman–Crippen MR) is 142 cm³/mol. The molecule has 8 heteroatoms. The van der Waals surface area contributed by atoms with Crippen molar-refractivity contribution in [3.63, 3.8) is 0 Å². The molecule has 0 unspecified atom stereocenters. The van der Waals surface area contributed by atoms with Crippen molar-refractivity contribution >= 4 is 16.1 Å². The van der Waals surface area contributed by atoms with Crippen molar-refractivity contribution in [2.45, 2.75) is 102 Å². The molecular formula is C28H48O7S. The Morgan fingerprint density at radius 2 is 1.11 bits per heavy atom. The van der Waals surface area contributed by atoms with Crippen LogP contribution in [0.1, 0.15) is 96.8 Å². The summed E-state index contributed by atoms with van der Waals surface area (Å²) >= 11 is 0. The van der Waals surface area contributed by atoms with Crippen LogP contribution in [-0.2, 0) is 33.3 Å². The number of unbranched alkanes of at least 4 members (excludes halogenated alkanes) is 12. The number of benzene rings is 1. The summed E-state index contributed by atoms with van der Waals surface area (Å²) in [5.74, 6) is -0.172. The zero-order valence-corrected chi connectivity index (χ0v) is 23.1. The Morgan fingerprint density at radius 3 is 1.67 bits per heavy atom. The second-order valence-corrected chi connectivity index (χ2v) is 10.6. The van der Waals surface area contributed by atoms with Crippen LogP contribution >= 0.6 is 0 Å². The van der Waals surface area contributed by atoms with Gasteiger partial charge in [0.2, 0.25) is 0 Å². The summed E-state index contributed by atoms with van der Waals surface area (Å²) in [7, 11) is -3.75. The minimum Gasteiger partial charge on any atom is -0.463 e. The van der Waals surface area contributed by atoms with Crippen LogP contribution in [0.2, 0.25) is 0 Å². The van der Waals surface area contributed by atoms with Gasteiger partial charge in [-0.2, -0.15) is 8.42 Å². The van der Waals surface area contributed by atoms with Crippen molar-refractivity contribution in [3.8, 4) is 0 Å². The SMILES string of the molecule is CCCCCCCCCCCCCCCC(=O)OCCOCCOCCOS(=O)(=O)c1ccccc1. The van der Waals surface area contributed by atoms with Crippen molar-refractivity contribution in [2.75, 3.05) is 39.6 Å². The highest BCUT2D eigenvalue weighted by Crippen LogP contribution is 2.13. The normalized spacial score (nSPS) is 11.6. The van der Waals surface area contributed by atoms with Gasteiger partial charge in [0.15, 0.2) is 0 Å². The van der Waals surface area contributed by atoms with Gasteiger partial charge in [-0.15, -0.1) is 0 Å². The summed E-state index contributed by atoms with van der Waals surface area (Å²) in [6.07, 6.45) is 17.1. The summed E-state index contributed by atoms with van der Waals surface area (Å²) < 4.78 is 44.6. The molecular weight excluding hydrogens is 480 g/mol. The first-order valence-corrected chi connectivity index (χ1v) is 15.2. The van der Waals surface area contributed by atoms with Crippen LogP contribution in [0.15, 0.2) is 35.2 Å². The maximum absolute atomic E-state index is 11.9. The Bertz CT molecular complexity index is 738. The summed E-state index contributed by atoms with van der Waals surface area (Å²) in [6.45, 7) is 3.52. The average molecular weight is 529 g/mol. The molecule has 0 amide bonds. The third-order valence-corrected chi connectivity index (χ3v) is 7.17. The van der Waals surface area contributed by atoms with Crippen LogP contribution in [0.25, 0.3) is 0 Å². The zero-order valence-electron chi connectivity index (χ0n) is 22.3. The van der Waals surface area contributed by atoms with E-state index in [1.165, 1.54) is 82.8 Å². The lowest BCUT2D eigenvalue weighted by Gasteiger charge is -2.08. The number of hydrogen-bond donors (Lipinski definition) is 0. The quantitative estimate of drug-likeness (QED) is 0.0818. The molecule has 208 valence electrons. The molecule has 1 aromatic carbocycles. The Kier molecular flexibility index (Phi) is 20.5. The highest BCUT2D eigenvalue weighted by atomic mass is 32.2. The molecule has 0 saturated carbocycles. The van der Waals surface area contributed by atoms with E-state index < -0.39 is 10.1 Å². The van der Waals surface area contributed by atoms with Crippen LogP contribution in [0, 0.1) is 0 Å². The number of hydrogen-bond acceptors (Lipinski definition) is 7. The lowest BCUT2D eigenvalue weighted by molar-refractivity contribution is -0.145. The third kappa shape index (κ3) is 18.7. The summed E-state index contributed by atoms with van der Waals surface area (Å²) in [5, 5.41) is 0. The van der Waals surface area contributed by atoms with Crippen molar-refractivity contribution in [1.29, 1.82) is 0 Å². The molecule has 0 bridgehead atoms. The van der Waals surface area contributed by atoms with Gasteiger partial charge >= 0.3 is 5.97 Å². The van der Waals surface area contributed by atoms with E-state index >= 15 is 0 Å². The topological polar surface area (TPSA) is 88.1 Å². The first-order valence-electron chi connectivity index (χ1n) is 13.8. The first-order chi connectivity index (χ1) is 17.6. The Hall–Kier alpha value is -1.48. The minimum atomic E-state index is -3.75. The summed E-state index contributed by atoms with van der Waals surface area (Å²) in [5.41, 5.74) is 0. The molecule has 0 aliphatic rings. The molecule has 0 heterocycles. The van der Waals surface area contributed by atoms with E-state index in [-0.39, 0.29) is 30.7 Å². The second kappa shape index (κ2) is 22.7. The van der Waals surface area contributed by atoms with Gasteiger partial charge in [-0.05, 0) is 18.6 Å². The average Bonchev–Trinajstić information content (AvgIpc) is 2.88. The van der Waals surface area contributed by atoms with Crippen LogP contribution < -0.4 is 0 Å². The maximum Gasteiger partial charge on any atom is 0.305 e. The fraction of sp³-hybridized carbons (Fsp3) is 0.750. The summed E-state index contributed by atoms with van der Waals surface area (Å²) in [6, 6.07) is 7.98. The van der Waals surface area contributed by atoms with E-state index in [1.54, 1.807) is 18.2 Å². The predicted octanol–water partition coefficient (Wildman–Crippen LogP) is 6.45. The van der Waals surface area contributed by atoms with Crippen LogP contribution in [0.4, 0.5) is 0 Å². The lowest BCUT2D eigenvalue weighted by atomic mass is 10.0. The minimum absolute atomic E-state index is 0.0615. The van der Waals surface area contributed by atoms with Crippen LogP contribution in [0.5, 0.6) is 0 Å². The zero-order chi connectivity index (χ0) is 26.2. The number of rotatable bonds is 25. The number of esters is 1. The van der Waals surface area contributed by atoms with Crippen molar-refractivity contribution < 1.29 is 31.6 Å². The Labute approximate surface area is 219 Å². The molecule has 36 heavy (non-hydrogen) atoms. The van der Waals surface area contributed by atoms with Crippen LogP contribution in [0.3, 0.4) is 0 Å². The van der Waals surface area contributed by atoms with E-state index in [0.717, 1.165) is 12.8 Å². The highest BCUT2D eigenvalue weighted by molar-refractivity contribution is 7.86. The van der Waals surface area contributed by atoms with Gasteiger partial charge in [-0.3, -0.25) is 8.98 Å². The van der Waals surface area contributed by atoms with E-state index in [2.05, 4.69) is 6.92 Å². The lowest BCUT2D eigenvalue weighted by Crippen LogP contribution is -2.15. The largest absolute Gasteiger partial charge is 0.463 e. The molecule has 1 aromatic rings. The standard InChI is InChI=1S/C28H48O7S/c1-2-3-4-5-6-7-8-9-10-11-12-13-17-20-28(29)34-25-23-32-21-22-33-24-26-35-36(30,31)27-18-15-14-16-19-27/h14-16,18-19H,2-13,17,20-26H2,1H3. The molecule has 7 nitrogen and oxygen atoms in total. The van der Waals surface area contributed by atoms with E-state index in [4.69, 9.17) is 18.4 Å². The third-order valence-electron chi connectivity index (χ3n) is 5.85. The van der Waals surface area contributed by atoms with Crippen molar-refractivity contribution in [3.05, 3.63) is 30.3 Å². The van der Waals surface area contributed by atoms with Crippen molar-refractivity contribution in [2.24, 2.45) is 0 Å². The first kappa shape index (κ1) is 32.5. The van der Waals surface area contributed by atoms with E-state index in [9.17, 15) is 13.2 Å². The van der Waals surface area contributed by atoms with Crippen LogP contribution in [-0.4, -0.2) is 54.0 Å². The van der Waals surface area contributed by atoms with Gasteiger partial charge in [-0.1, -0.05) is 102 Å². The Balaban J connectivity index is 1.80. The fourth-order valence-corrected chi connectivity index (χ4v) is 4.67. The van der Waals surface area contributed by atoms with Gasteiger partial charge in [0.1, 0.15) is 6.61 Å². The van der Waals surface area contributed by atoms with Gasteiger partial charge in [0, 0.05) is 6.42 Å². The van der Waals surface area contributed by atoms with Gasteiger partial charge in [0.25, 0.3) is 10.1 Å². The van der Waals surface area contributed by atoms with E-state index in [1.807, 2.05) is 0 Å². The highest BCUT2D eigenvalue weighted by Gasteiger charge is 2.13. The summed E-state index contributed by atoms with van der Waals surface area (Å²) in [4.78, 5) is 11.9. The van der Waals surface area contributed by atoms with Crippen molar-refractivity contribution in [1.82, 2.24) is 0 Å². The molecule has 0 spiro atoms. The molecule has 0 aromatic heterocycles. The smallest absolute Gasteiger partial charge is 0.305 e. The number of carbonyl (C=O) groups is 1. The second-order valence-electron chi connectivity index (χ2n) is 9.03. The van der Waals surface area contributed by atoms with Gasteiger partial charge in [-0.25, -0.2) is 0 Å². The van der Waals surface area contributed by atoms with E-state index in [0.29, 0.717) is 26.2 Å². The van der Waals surface area contributed by atoms with Gasteiger partial charge < -0.3 is 14.2 Å².